The van der Waals surface area contributed by atoms with Gasteiger partial charge in [-0.2, -0.15) is 4.31 Å². The molecule has 9 heteroatoms. The van der Waals surface area contributed by atoms with Gasteiger partial charge >= 0.3 is 5.97 Å². The number of ether oxygens (including phenoxy) is 4. The molecule has 8 nitrogen and oxygen atoms in total. The molecule has 0 atom stereocenters. The molecule has 0 unspecified atom stereocenters. The molecule has 0 bridgehead atoms. The summed E-state index contributed by atoms with van der Waals surface area (Å²) in [4.78, 5) is 12.6. The first-order chi connectivity index (χ1) is 16.0. The largest absolute Gasteiger partial charge is 0.497 e. The summed E-state index contributed by atoms with van der Waals surface area (Å²) < 4.78 is 49.5. The molecule has 178 valence electrons. The van der Waals surface area contributed by atoms with Crippen LogP contribution in [0, 0.1) is 5.92 Å². The third kappa shape index (κ3) is 5.59. The second-order valence-corrected chi connectivity index (χ2v) is 10.0. The quantitative estimate of drug-likeness (QED) is 0.569. The third-order valence-corrected chi connectivity index (χ3v) is 7.83. The standard InChI is InChI=1S/C24H29NO7S/c1-29-20-5-3-18(4-6-20)11-16-32-24(26)19-9-12-25(13-10-19)33(27,28)21-7-8-22-23(17-21)31-15-2-14-30-22/h3-8,17,19H,2,9-16H2,1H3. The van der Waals surface area contributed by atoms with Gasteiger partial charge < -0.3 is 18.9 Å². The van der Waals surface area contributed by atoms with Crippen LogP contribution in [-0.2, 0) is 26.0 Å². The number of sulfonamides is 1. The van der Waals surface area contributed by atoms with Crippen LogP contribution in [0.3, 0.4) is 0 Å². The molecule has 2 heterocycles. The van der Waals surface area contributed by atoms with E-state index in [9.17, 15) is 13.2 Å². The number of carbonyl (C=O) groups excluding carboxylic acids is 1. The number of piperidine rings is 1. The fraction of sp³-hybridized carbons (Fsp3) is 0.458. The number of hydrogen-bond acceptors (Lipinski definition) is 7. The van der Waals surface area contributed by atoms with Gasteiger partial charge in [-0.05, 0) is 42.7 Å². The first-order valence-electron chi connectivity index (χ1n) is 11.2. The molecule has 33 heavy (non-hydrogen) atoms. The zero-order valence-corrected chi connectivity index (χ0v) is 19.5. The van der Waals surface area contributed by atoms with E-state index in [2.05, 4.69) is 0 Å². The Bertz CT molecular complexity index is 1060. The fourth-order valence-electron chi connectivity index (χ4n) is 3.96. The van der Waals surface area contributed by atoms with Gasteiger partial charge in [-0.3, -0.25) is 4.79 Å². The lowest BCUT2D eigenvalue weighted by molar-refractivity contribution is -0.149. The van der Waals surface area contributed by atoms with Crippen LogP contribution in [-0.4, -0.2) is 58.7 Å². The van der Waals surface area contributed by atoms with Crippen molar-refractivity contribution in [1.82, 2.24) is 4.31 Å². The Morgan fingerprint density at radius 3 is 2.42 bits per heavy atom. The second-order valence-electron chi connectivity index (χ2n) is 8.10. The van der Waals surface area contributed by atoms with Gasteiger partial charge in [-0.1, -0.05) is 12.1 Å². The molecule has 0 saturated carbocycles. The molecule has 0 aliphatic carbocycles. The van der Waals surface area contributed by atoms with E-state index >= 15 is 0 Å². The summed E-state index contributed by atoms with van der Waals surface area (Å²) in [5, 5.41) is 0. The molecule has 1 saturated heterocycles. The predicted molar refractivity (Wildman–Crippen MR) is 121 cm³/mol. The lowest BCUT2D eigenvalue weighted by atomic mass is 9.98. The summed E-state index contributed by atoms with van der Waals surface area (Å²) in [5.41, 5.74) is 1.06. The Morgan fingerprint density at radius 2 is 1.73 bits per heavy atom. The van der Waals surface area contributed by atoms with Crippen LogP contribution in [0.25, 0.3) is 0 Å². The van der Waals surface area contributed by atoms with Crippen LogP contribution >= 0.6 is 0 Å². The highest BCUT2D eigenvalue weighted by Crippen LogP contribution is 2.34. The molecule has 0 amide bonds. The maximum atomic E-state index is 13.1. The minimum atomic E-state index is -3.68. The second kappa shape index (κ2) is 10.4. The Kier molecular flexibility index (Phi) is 7.39. The van der Waals surface area contributed by atoms with Gasteiger partial charge in [0.25, 0.3) is 0 Å². The van der Waals surface area contributed by atoms with Gasteiger partial charge in [-0.15, -0.1) is 0 Å². The van der Waals surface area contributed by atoms with E-state index in [1.807, 2.05) is 24.3 Å². The molecule has 0 aromatic heterocycles. The Labute approximate surface area is 194 Å². The highest BCUT2D eigenvalue weighted by molar-refractivity contribution is 7.89. The van der Waals surface area contributed by atoms with Crippen LogP contribution in [0.1, 0.15) is 24.8 Å². The minimum Gasteiger partial charge on any atom is -0.497 e. The van der Waals surface area contributed by atoms with E-state index in [-0.39, 0.29) is 29.9 Å². The van der Waals surface area contributed by atoms with Gasteiger partial charge in [0, 0.05) is 32.0 Å². The zero-order valence-electron chi connectivity index (χ0n) is 18.7. The number of benzene rings is 2. The van der Waals surface area contributed by atoms with E-state index in [1.165, 1.54) is 10.4 Å². The average Bonchev–Trinajstić information content (AvgIpc) is 3.09. The average molecular weight is 476 g/mol. The zero-order chi connectivity index (χ0) is 23.3. The van der Waals surface area contributed by atoms with Crippen LogP contribution in [0.4, 0.5) is 0 Å². The molecule has 4 rings (SSSR count). The summed E-state index contributed by atoms with van der Waals surface area (Å²) in [6, 6.07) is 12.3. The maximum absolute atomic E-state index is 13.1. The summed E-state index contributed by atoms with van der Waals surface area (Å²) in [7, 11) is -2.06. The summed E-state index contributed by atoms with van der Waals surface area (Å²) in [6.45, 7) is 1.87. The van der Waals surface area contributed by atoms with Crippen LogP contribution < -0.4 is 14.2 Å². The molecule has 0 spiro atoms. The van der Waals surface area contributed by atoms with Crippen molar-refractivity contribution in [2.45, 2.75) is 30.6 Å². The Balaban J connectivity index is 1.28. The van der Waals surface area contributed by atoms with Crippen molar-refractivity contribution in [2.24, 2.45) is 5.92 Å². The molecule has 0 N–H and O–H groups in total. The SMILES string of the molecule is COc1ccc(CCOC(=O)C2CCN(S(=O)(=O)c3ccc4c(c3)OCCCO4)CC2)cc1. The first kappa shape index (κ1) is 23.4. The normalized spacial score (nSPS) is 17.2. The van der Waals surface area contributed by atoms with E-state index < -0.39 is 10.0 Å². The molecular weight excluding hydrogens is 446 g/mol. The number of rotatable bonds is 7. The van der Waals surface area contributed by atoms with E-state index in [0.29, 0.717) is 50.6 Å². The monoisotopic (exact) mass is 475 g/mol. The maximum Gasteiger partial charge on any atom is 0.309 e. The van der Waals surface area contributed by atoms with Gasteiger partial charge in [0.15, 0.2) is 11.5 Å². The van der Waals surface area contributed by atoms with Crippen molar-refractivity contribution in [3.8, 4) is 17.2 Å². The van der Waals surface area contributed by atoms with Crippen molar-refractivity contribution >= 4 is 16.0 Å². The van der Waals surface area contributed by atoms with Crippen LogP contribution in [0.5, 0.6) is 17.2 Å². The topological polar surface area (TPSA) is 91.4 Å². The molecule has 2 aromatic carbocycles. The number of carbonyl (C=O) groups is 1. The van der Waals surface area contributed by atoms with Crippen molar-refractivity contribution in [3.63, 3.8) is 0 Å². The summed E-state index contributed by atoms with van der Waals surface area (Å²) in [5.74, 6) is 1.22. The lowest BCUT2D eigenvalue weighted by Gasteiger charge is -2.30. The number of fused-ring (bicyclic) bond motifs is 1. The third-order valence-electron chi connectivity index (χ3n) is 5.94. The highest BCUT2D eigenvalue weighted by atomic mass is 32.2. The lowest BCUT2D eigenvalue weighted by Crippen LogP contribution is -2.40. The van der Waals surface area contributed by atoms with Crippen LogP contribution in [0.2, 0.25) is 0 Å². The summed E-state index contributed by atoms with van der Waals surface area (Å²) in [6.07, 6.45) is 2.24. The van der Waals surface area contributed by atoms with Crippen LogP contribution in [0.15, 0.2) is 47.4 Å². The number of methoxy groups -OCH3 is 1. The molecule has 0 radical (unpaired) electrons. The van der Waals surface area contributed by atoms with Crippen molar-refractivity contribution in [1.29, 1.82) is 0 Å². The van der Waals surface area contributed by atoms with Gasteiger partial charge in [0.2, 0.25) is 10.0 Å². The first-order valence-corrected chi connectivity index (χ1v) is 12.6. The van der Waals surface area contributed by atoms with Gasteiger partial charge in [0.1, 0.15) is 5.75 Å². The summed E-state index contributed by atoms with van der Waals surface area (Å²) >= 11 is 0. The van der Waals surface area contributed by atoms with E-state index in [4.69, 9.17) is 18.9 Å². The number of nitrogens with zero attached hydrogens (tertiary/aromatic N) is 1. The Morgan fingerprint density at radius 1 is 1.03 bits per heavy atom. The Hall–Kier alpha value is -2.78. The molecule has 1 fully saturated rings. The smallest absolute Gasteiger partial charge is 0.309 e. The molecule has 2 aliphatic heterocycles. The van der Waals surface area contributed by atoms with Crippen molar-refractivity contribution in [2.75, 3.05) is 40.0 Å². The number of hydrogen-bond donors (Lipinski definition) is 0. The minimum absolute atomic E-state index is 0.173. The van der Waals surface area contributed by atoms with Gasteiger partial charge in [0.05, 0.1) is 37.7 Å². The van der Waals surface area contributed by atoms with E-state index in [0.717, 1.165) is 17.7 Å². The molecule has 2 aromatic rings. The highest BCUT2D eigenvalue weighted by Gasteiger charge is 2.33. The van der Waals surface area contributed by atoms with Gasteiger partial charge in [-0.25, -0.2) is 8.42 Å². The predicted octanol–water partition coefficient (Wildman–Crippen LogP) is 3.04. The molecular formula is C24H29NO7S. The van der Waals surface area contributed by atoms with Crippen molar-refractivity contribution in [3.05, 3.63) is 48.0 Å². The molecule has 2 aliphatic rings. The fourth-order valence-corrected chi connectivity index (χ4v) is 5.45. The number of esters is 1. The van der Waals surface area contributed by atoms with Crippen molar-refractivity contribution < 1.29 is 32.2 Å². The van der Waals surface area contributed by atoms with E-state index in [1.54, 1.807) is 19.2 Å².